The van der Waals surface area contributed by atoms with E-state index in [1.807, 2.05) is 0 Å². The first kappa shape index (κ1) is 20.1. The molecule has 2 nitrogen and oxygen atoms in total. The van der Waals surface area contributed by atoms with E-state index >= 15 is 0 Å². The molecule has 152 valence electrons. The van der Waals surface area contributed by atoms with Gasteiger partial charge in [0.2, 0.25) is 0 Å². The molecule has 0 N–H and O–H groups in total. The summed E-state index contributed by atoms with van der Waals surface area (Å²) in [6.45, 7) is 11.9. The molecule has 29 heavy (non-hydrogen) atoms. The van der Waals surface area contributed by atoms with E-state index in [1.165, 1.54) is 33.4 Å². The molecular weight excluding hydrogens is 354 g/mol. The number of aryl methyl sites for hydroxylation is 1. The van der Waals surface area contributed by atoms with E-state index in [4.69, 9.17) is 0 Å². The molecule has 0 saturated carbocycles. The van der Waals surface area contributed by atoms with Crippen LogP contribution in [0, 0.1) is 6.92 Å². The number of carbonyl (C=O) groups is 1. The van der Waals surface area contributed by atoms with Gasteiger partial charge in [-0.2, -0.15) is 0 Å². The van der Waals surface area contributed by atoms with Crippen molar-refractivity contribution in [1.29, 1.82) is 0 Å². The maximum absolute atomic E-state index is 11.2. The zero-order valence-electron chi connectivity index (χ0n) is 18.3. The molecule has 4 rings (SSSR count). The number of fused-ring (bicyclic) bond motifs is 2. The standard InChI is InChI=1S/C27H33NO/c1-19-11-12-23-25(18-19)27(3,4)24-10-6-5-9-22(24)26(23)21-13-16-28(17-14-21)15-7-8-20(2)29/h5-6,9-12,18H,7-8,13-17H2,1-4H3. The van der Waals surface area contributed by atoms with E-state index in [0.717, 1.165) is 38.9 Å². The van der Waals surface area contributed by atoms with Crippen LogP contribution >= 0.6 is 0 Å². The maximum atomic E-state index is 11.2. The minimum absolute atomic E-state index is 0.0232. The molecule has 1 heterocycles. The zero-order chi connectivity index (χ0) is 20.6. The van der Waals surface area contributed by atoms with Crippen LogP contribution in [0.15, 0.2) is 48.0 Å². The zero-order valence-corrected chi connectivity index (χ0v) is 18.3. The Morgan fingerprint density at radius 2 is 1.69 bits per heavy atom. The first-order chi connectivity index (χ1) is 13.9. The molecule has 0 bridgehead atoms. The molecule has 0 amide bonds. The summed E-state index contributed by atoms with van der Waals surface area (Å²) in [6.07, 6.45) is 3.94. The van der Waals surface area contributed by atoms with Crippen molar-refractivity contribution in [3.8, 4) is 0 Å². The van der Waals surface area contributed by atoms with Gasteiger partial charge >= 0.3 is 0 Å². The number of nitrogens with zero attached hydrogens (tertiary/aromatic N) is 1. The lowest BCUT2D eigenvalue weighted by molar-refractivity contribution is -0.117. The van der Waals surface area contributed by atoms with Crippen molar-refractivity contribution in [2.75, 3.05) is 19.6 Å². The van der Waals surface area contributed by atoms with Gasteiger partial charge in [0, 0.05) is 24.9 Å². The van der Waals surface area contributed by atoms with E-state index in [1.54, 1.807) is 12.5 Å². The van der Waals surface area contributed by atoms with E-state index in [0.29, 0.717) is 12.2 Å². The fourth-order valence-corrected chi connectivity index (χ4v) is 5.16. The molecule has 0 unspecified atom stereocenters. The van der Waals surface area contributed by atoms with E-state index in [-0.39, 0.29) is 5.41 Å². The molecule has 1 aliphatic carbocycles. The Labute approximate surface area is 175 Å². The Kier molecular flexibility index (Phi) is 5.48. The number of benzene rings is 2. The number of carbonyl (C=O) groups excluding carboxylic acids is 1. The molecule has 1 fully saturated rings. The summed E-state index contributed by atoms with van der Waals surface area (Å²) in [5, 5.41) is 0. The van der Waals surface area contributed by atoms with Crippen LogP contribution in [0.4, 0.5) is 0 Å². The van der Waals surface area contributed by atoms with E-state index < -0.39 is 0 Å². The Morgan fingerprint density at radius 1 is 1.00 bits per heavy atom. The van der Waals surface area contributed by atoms with E-state index in [9.17, 15) is 4.79 Å². The predicted molar refractivity (Wildman–Crippen MR) is 121 cm³/mol. The number of hydrogen-bond donors (Lipinski definition) is 0. The second kappa shape index (κ2) is 7.91. The van der Waals surface area contributed by atoms with Gasteiger partial charge in [0.1, 0.15) is 5.78 Å². The largest absolute Gasteiger partial charge is 0.303 e. The third kappa shape index (κ3) is 3.83. The van der Waals surface area contributed by atoms with Gasteiger partial charge in [-0.1, -0.05) is 67.4 Å². The highest BCUT2D eigenvalue weighted by Gasteiger charge is 2.36. The maximum Gasteiger partial charge on any atom is 0.129 e. The van der Waals surface area contributed by atoms with Gasteiger partial charge in [0.05, 0.1) is 0 Å². The Bertz CT molecular complexity index is 956. The lowest BCUT2D eigenvalue weighted by atomic mass is 9.66. The second-order valence-corrected chi connectivity index (χ2v) is 9.35. The van der Waals surface area contributed by atoms with E-state index in [2.05, 4.69) is 68.1 Å². The molecule has 2 aromatic carbocycles. The SMILES string of the molecule is CC(=O)CCCN1CCC(=C2c3ccccc3C(C)(C)c3cc(C)ccc32)CC1. The van der Waals surface area contributed by atoms with Crippen LogP contribution in [-0.2, 0) is 10.2 Å². The average Bonchev–Trinajstić information content (AvgIpc) is 2.70. The first-order valence-corrected chi connectivity index (χ1v) is 11.0. The van der Waals surface area contributed by atoms with Crippen molar-refractivity contribution >= 4 is 11.4 Å². The number of Topliss-reactive ketones (excluding diaryl/α,β-unsaturated/α-hetero) is 1. The summed E-state index contributed by atoms with van der Waals surface area (Å²) in [5.74, 6) is 0.304. The molecule has 2 aromatic rings. The third-order valence-electron chi connectivity index (χ3n) is 6.80. The predicted octanol–water partition coefficient (Wildman–Crippen LogP) is 5.90. The van der Waals surface area contributed by atoms with Crippen LogP contribution in [0.1, 0.15) is 74.3 Å². The van der Waals surface area contributed by atoms with Crippen LogP contribution in [-0.4, -0.2) is 30.3 Å². The molecule has 1 saturated heterocycles. The molecular formula is C27H33NO. The fourth-order valence-electron chi connectivity index (χ4n) is 5.16. The molecule has 0 aromatic heterocycles. The van der Waals surface area contributed by atoms with Crippen LogP contribution in [0.3, 0.4) is 0 Å². The van der Waals surface area contributed by atoms with Gasteiger partial charge in [0.15, 0.2) is 0 Å². The highest BCUT2D eigenvalue weighted by atomic mass is 16.1. The lowest BCUT2D eigenvalue weighted by Gasteiger charge is -2.39. The summed E-state index contributed by atoms with van der Waals surface area (Å²) in [6, 6.07) is 16.0. The minimum atomic E-state index is 0.0232. The average molecular weight is 388 g/mol. The summed E-state index contributed by atoms with van der Waals surface area (Å²) < 4.78 is 0. The van der Waals surface area contributed by atoms with Crippen LogP contribution in [0.25, 0.3) is 5.57 Å². The van der Waals surface area contributed by atoms with Crippen molar-refractivity contribution in [1.82, 2.24) is 4.90 Å². The topological polar surface area (TPSA) is 20.3 Å². The molecule has 0 spiro atoms. The van der Waals surface area contributed by atoms with Crippen molar-refractivity contribution in [2.24, 2.45) is 0 Å². The highest BCUT2D eigenvalue weighted by molar-refractivity contribution is 5.89. The van der Waals surface area contributed by atoms with Crippen molar-refractivity contribution in [2.45, 2.75) is 58.8 Å². The van der Waals surface area contributed by atoms with Gasteiger partial charge in [0.25, 0.3) is 0 Å². The number of hydrogen-bond acceptors (Lipinski definition) is 2. The molecule has 2 aliphatic rings. The van der Waals surface area contributed by atoms with Gasteiger partial charge in [-0.15, -0.1) is 0 Å². The van der Waals surface area contributed by atoms with Gasteiger partial charge in [-0.3, -0.25) is 0 Å². The fraction of sp³-hybridized carbons (Fsp3) is 0.444. The molecule has 2 heteroatoms. The lowest BCUT2D eigenvalue weighted by Crippen LogP contribution is -2.33. The summed E-state index contributed by atoms with van der Waals surface area (Å²) in [4.78, 5) is 13.8. The second-order valence-electron chi connectivity index (χ2n) is 9.35. The minimum Gasteiger partial charge on any atom is -0.303 e. The first-order valence-electron chi connectivity index (χ1n) is 11.0. The number of likely N-dealkylation sites (tertiary alicyclic amines) is 1. The van der Waals surface area contributed by atoms with Crippen LogP contribution in [0.5, 0.6) is 0 Å². The van der Waals surface area contributed by atoms with Crippen molar-refractivity contribution in [3.05, 3.63) is 75.9 Å². The highest BCUT2D eigenvalue weighted by Crippen LogP contribution is 2.48. The molecule has 0 radical (unpaired) electrons. The number of ketones is 1. The summed E-state index contributed by atoms with van der Waals surface area (Å²) >= 11 is 0. The monoisotopic (exact) mass is 387 g/mol. The molecule has 0 atom stereocenters. The Morgan fingerprint density at radius 3 is 2.41 bits per heavy atom. The van der Waals surface area contributed by atoms with Crippen molar-refractivity contribution < 1.29 is 4.79 Å². The number of piperidine rings is 1. The van der Waals surface area contributed by atoms with Crippen LogP contribution < -0.4 is 0 Å². The Hall–Kier alpha value is -2.19. The van der Waals surface area contributed by atoms with Gasteiger partial charge in [-0.05, 0) is 67.5 Å². The number of rotatable bonds is 4. The normalized spacial score (nSPS) is 18.3. The van der Waals surface area contributed by atoms with Crippen molar-refractivity contribution in [3.63, 3.8) is 0 Å². The summed E-state index contributed by atoms with van der Waals surface area (Å²) in [5.41, 5.74) is 10.2. The van der Waals surface area contributed by atoms with Gasteiger partial charge in [-0.25, -0.2) is 0 Å². The molecule has 1 aliphatic heterocycles. The Balaban J connectivity index is 1.69. The quantitative estimate of drug-likeness (QED) is 0.651. The van der Waals surface area contributed by atoms with Gasteiger partial charge < -0.3 is 9.69 Å². The summed E-state index contributed by atoms with van der Waals surface area (Å²) in [7, 11) is 0. The van der Waals surface area contributed by atoms with Crippen LogP contribution in [0.2, 0.25) is 0 Å². The third-order valence-corrected chi connectivity index (χ3v) is 6.80. The smallest absolute Gasteiger partial charge is 0.129 e.